The first-order chi connectivity index (χ1) is 9.65. The molecule has 0 radical (unpaired) electrons. The van der Waals surface area contributed by atoms with Crippen LogP contribution in [0.4, 0.5) is 0 Å². The minimum Gasteiger partial charge on any atom is -0.378 e. The number of thioether (sulfide) groups is 1. The summed E-state index contributed by atoms with van der Waals surface area (Å²) in [6.07, 6.45) is 5.93. The Balaban J connectivity index is 3.78. The Hall–Kier alpha value is -0.420. The molecule has 0 aromatic heterocycles. The van der Waals surface area contributed by atoms with Crippen LogP contribution in [0.25, 0.3) is 0 Å². The standard InChI is InChI=1S/C15H33N3OS/c1-6-19-14(13(2)3)9-11-18-15(16-4)17-10-7-8-12-20-5/h13-14H,6-12H2,1-5H3,(H2,16,17,18). The van der Waals surface area contributed by atoms with Crippen LogP contribution in [0.1, 0.15) is 40.0 Å². The predicted molar refractivity (Wildman–Crippen MR) is 91.8 cm³/mol. The molecule has 0 aliphatic rings. The number of hydrogen-bond acceptors (Lipinski definition) is 3. The topological polar surface area (TPSA) is 45.6 Å². The third kappa shape index (κ3) is 10.4. The molecule has 0 amide bonds. The average Bonchev–Trinajstić information content (AvgIpc) is 2.43. The minimum absolute atomic E-state index is 0.326. The molecule has 20 heavy (non-hydrogen) atoms. The zero-order chi connectivity index (χ0) is 15.2. The lowest BCUT2D eigenvalue weighted by Crippen LogP contribution is -2.39. The maximum atomic E-state index is 5.74. The third-order valence-corrected chi connectivity index (χ3v) is 3.83. The fourth-order valence-corrected chi connectivity index (χ4v) is 2.45. The normalized spacial score (nSPS) is 13.6. The Kier molecular flexibility index (Phi) is 13.3. The van der Waals surface area contributed by atoms with Crippen LogP contribution in [0.2, 0.25) is 0 Å². The maximum Gasteiger partial charge on any atom is 0.190 e. The highest BCUT2D eigenvalue weighted by Gasteiger charge is 2.12. The number of nitrogens with one attached hydrogen (secondary N) is 2. The molecule has 0 bridgehead atoms. The van der Waals surface area contributed by atoms with Crippen molar-refractivity contribution in [3.05, 3.63) is 0 Å². The van der Waals surface area contributed by atoms with Crippen molar-refractivity contribution in [1.29, 1.82) is 0 Å². The van der Waals surface area contributed by atoms with Gasteiger partial charge in [-0.25, -0.2) is 0 Å². The number of guanidine groups is 1. The van der Waals surface area contributed by atoms with Gasteiger partial charge in [0.05, 0.1) is 6.10 Å². The molecular weight excluding hydrogens is 270 g/mol. The van der Waals surface area contributed by atoms with Gasteiger partial charge < -0.3 is 15.4 Å². The van der Waals surface area contributed by atoms with E-state index >= 15 is 0 Å². The molecular formula is C15H33N3OS. The van der Waals surface area contributed by atoms with Crippen molar-refractivity contribution in [2.45, 2.75) is 46.1 Å². The molecule has 0 aromatic rings. The van der Waals surface area contributed by atoms with Crippen LogP contribution in [-0.2, 0) is 4.74 Å². The lowest BCUT2D eigenvalue weighted by atomic mass is 10.0. The molecule has 0 heterocycles. The van der Waals surface area contributed by atoms with E-state index < -0.39 is 0 Å². The van der Waals surface area contributed by atoms with Crippen LogP contribution in [-0.4, -0.2) is 50.8 Å². The first-order valence-corrected chi connectivity index (χ1v) is 9.10. The van der Waals surface area contributed by atoms with E-state index in [4.69, 9.17) is 4.74 Å². The van der Waals surface area contributed by atoms with Crippen LogP contribution in [0.3, 0.4) is 0 Å². The van der Waals surface area contributed by atoms with Crippen LogP contribution in [0, 0.1) is 5.92 Å². The summed E-state index contributed by atoms with van der Waals surface area (Å²) in [6.45, 7) is 9.13. The molecule has 5 heteroatoms. The molecule has 2 N–H and O–H groups in total. The molecule has 0 saturated heterocycles. The highest BCUT2D eigenvalue weighted by Crippen LogP contribution is 2.09. The summed E-state index contributed by atoms with van der Waals surface area (Å²) < 4.78 is 5.74. The van der Waals surface area contributed by atoms with Crippen LogP contribution >= 0.6 is 11.8 Å². The molecule has 0 spiro atoms. The summed E-state index contributed by atoms with van der Waals surface area (Å²) in [4.78, 5) is 4.24. The monoisotopic (exact) mass is 303 g/mol. The maximum absolute atomic E-state index is 5.74. The summed E-state index contributed by atoms with van der Waals surface area (Å²) in [5.41, 5.74) is 0. The van der Waals surface area contributed by atoms with E-state index in [9.17, 15) is 0 Å². The predicted octanol–water partition coefficient (Wildman–Crippen LogP) is 2.75. The highest BCUT2D eigenvalue weighted by atomic mass is 32.2. The van der Waals surface area contributed by atoms with Gasteiger partial charge in [0.1, 0.15) is 0 Å². The van der Waals surface area contributed by atoms with Crippen LogP contribution < -0.4 is 10.6 Å². The van der Waals surface area contributed by atoms with E-state index in [-0.39, 0.29) is 0 Å². The fraction of sp³-hybridized carbons (Fsp3) is 0.933. The van der Waals surface area contributed by atoms with Crippen molar-refractivity contribution in [3.8, 4) is 0 Å². The molecule has 0 rings (SSSR count). The first kappa shape index (κ1) is 19.6. The van der Waals surface area contributed by atoms with Crippen molar-refractivity contribution >= 4 is 17.7 Å². The lowest BCUT2D eigenvalue weighted by molar-refractivity contribution is 0.0258. The molecule has 0 aromatic carbocycles. The van der Waals surface area contributed by atoms with Crippen molar-refractivity contribution in [1.82, 2.24) is 10.6 Å². The number of ether oxygens (including phenoxy) is 1. The molecule has 0 aliphatic heterocycles. The minimum atomic E-state index is 0.326. The van der Waals surface area contributed by atoms with Crippen molar-refractivity contribution in [2.24, 2.45) is 10.9 Å². The van der Waals surface area contributed by atoms with Gasteiger partial charge in [-0.2, -0.15) is 11.8 Å². The Bertz CT molecular complexity index is 247. The Labute approximate surface area is 129 Å². The van der Waals surface area contributed by atoms with Gasteiger partial charge in [0.15, 0.2) is 5.96 Å². The number of rotatable bonds is 11. The Morgan fingerprint density at radius 3 is 2.45 bits per heavy atom. The second-order valence-corrected chi connectivity index (χ2v) is 6.14. The molecule has 1 unspecified atom stereocenters. The van der Waals surface area contributed by atoms with Crippen LogP contribution in [0.15, 0.2) is 4.99 Å². The molecule has 0 fully saturated rings. The van der Waals surface area contributed by atoms with Gasteiger partial charge in [0.25, 0.3) is 0 Å². The van der Waals surface area contributed by atoms with Crippen molar-refractivity contribution < 1.29 is 4.74 Å². The summed E-state index contributed by atoms with van der Waals surface area (Å²) in [7, 11) is 1.82. The summed E-state index contributed by atoms with van der Waals surface area (Å²) in [5.74, 6) is 2.68. The number of aliphatic imine (C=N–C) groups is 1. The molecule has 1 atom stereocenters. The Morgan fingerprint density at radius 2 is 1.90 bits per heavy atom. The molecule has 120 valence electrons. The molecule has 0 aliphatic carbocycles. The second-order valence-electron chi connectivity index (χ2n) is 5.15. The van der Waals surface area contributed by atoms with Crippen molar-refractivity contribution in [2.75, 3.05) is 38.8 Å². The number of unbranched alkanes of at least 4 members (excludes halogenated alkanes) is 1. The average molecular weight is 304 g/mol. The third-order valence-electron chi connectivity index (χ3n) is 3.14. The lowest BCUT2D eigenvalue weighted by Gasteiger charge is -2.21. The smallest absolute Gasteiger partial charge is 0.190 e. The zero-order valence-electron chi connectivity index (χ0n) is 13.9. The van der Waals surface area contributed by atoms with Crippen LogP contribution in [0.5, 0.6) is 0 Å². The van der Waals surface area contributed by atoms with E-state index in [1.54, 1.807) is 0 Å². The number of nitrogens with zero attached hydrogens (tertiary/aromatic N) is 1. The molecule has 0 saturated carbocycles. The molecule has 4 nitrogen and oxygen atoms in total. The highest BCUT2D eigenvalue weighted by molar-refractivity contribution is 7.98. The quantitative estimate of drug-likeness (QED) is 0.350. The zero-order valence-corrected chi connectivity index (χ0v) is 14.7. The van der Waals surface area contributed by atoms with Crippen molar-refractivity contribution in [3.63, 3.8) is 0 Å². The second kappa shape index (κ2) is 13.6. The van der Waals surface area contributed by atoms with Gasteiger partial charge in [-0.15, -0.1) is 0 Å². The first-order valence-electron chi connectivity index (χ1n) is 7.70. The van der Waals surface area contributed by atoms with E-state index in [1.165, 1.54) is 18.6 Å². The Morgan fingerprint density at radius 1 is 1.20 bits per heavy atom. The van der Waals surface area contributed by atoms with Gasteiger partial charge in [-0.3, -0.25) is 4.99 Å². The van der Waals surface area contributed by atoms with Gasteiger partial charge in [-0.1, -0.05) is 13.8 Å². The van der Waals surface area contributed by atoms with Gasteiger partial charge in [0, 0.05) is 26.7 Å². The van der Waals surface area contributed by atoms with E-state index in [0.717, 1.165) is 32.1 Å². The summed E-state index contributed by atoms with van der Waals surface area (Å²) in [5, 5.41) is 6.71. The summed E-state index contributed by atoms with van der Waals surface area (Å²) >= 11 is 1.90. The SMILES string of the molecule is CCOC(CCNC(=NC)NCCCCSC)C(C)C. The summed E-state index contributed by atoms with van der Waals surface area (Å²) in [6, 6.07) is 0. The van der Waals surface area contributed by atoms with E-state index in [2.05, 4.69) is 42.7 Å². The van der Waals surface area contributed by atoms with Gasteiger partial charge in [0.2, 0.25) is 0 Å². The van der Waals surface area contributed by atoms with E-state index in [1.807, 2.05) is 18.8 Å². The largest absolute Gasteiger partial charge is 0.378 e. The van der Waals surface area contributed by atoms with Gasteiger partial charge >= 0.3 is 0 Å². The van der Waals surface area contributed by atoms with E-state index in [0.29, 0.717) is 12.0 Å². The van der Waals surface area contributed by atoms with Gasteiger partial charge in [-0.05, 0) is 44.1 Å². The number of hydrogen-bond donors (Lipinski definition) is 2. The fourth-order valence-electron chi connectivity index (χ4n) is 1.95.